The average Bonchev–Trinajstić information content (AvgIpc) is 2.45. The Morgan fingerprint density at radius 3 is 2.35 bits per heavy atom. The van der Waals surface area contributed by atoms with Crippen LogP contribution in [-0.2, 0) is 11.0 Å². The summed E-state index contributed by atoms with van der Waals surface area (Å²) in [6.07, 6.45) is -4.44. The van der Waals surface area contributed by atoms with Gasteiger partial charge in [0.25, 0.3) is 0 Å². The van der Waals surface area contributed by atoms with Crippen molar-refractivity contribution < 1.29 is 22.8 Å². The Kier molecular flexibility index (Phi) is 3.93. The summed E-state index contributed by atoms with van der Waals surface area (Å²) in [6, 6.07) is 12.5. The molecule has 0 aliphatic rings. The third kappa shape index (κ3) is 3.50. The monoisotopic (exact) mass is 281 g/mol. The summed E-state index contributed by atoms with van der Waals surface area (Å²) in [6.45, 7) is 0. The minimum absolute atomic E-state index is 0.0455. The van der Waals surface area contributed by atoms with Gasteiger partial charge in [0.15, 0.2) is 0 Å². The average molecular weight is 281 g/mol. The molecule has 0 unspecified atom stereocenters. The fraction of sp³-hybridized carbons (Fsp3) is 0.0714. The number of anilines is 1. The van der Waals surface area contributed by atoms with Crippen molar-refractivity contribution in [1.82, 2.24) is 0 Å². The summed E-state index contributed by atoms with van der Waals surface area (Å²) >= 11 is 0. The molecule has 2 rings (SSSR count). The van der Waals surface area contributed by atoms with Crippen LogP contribution in [0.1, 0.15) is 15.9 Å². The van der Waals surface area contributed by atoms with Gasteiger partial charge in [0.1, 0.15) is 0 Å². The van der Waals surface area contributed by atoms with E-state index in [1.54, 1.807) is 18.2 Å². The van der Waals surface area contributed by atoms with Gasteiger partial charge in [-0.1, -0.05) is 24.3 Å². The van der Waals surface area contributed by atoms with E-state index in [4.69, 9.17) is 4.84 Å². The molecule has 0 aliphatic carbocycles. The van der Waals surface area contributed by atoms with Crippen molar-refractivity contribution in [2.45, 2.75) is 6.18 Å². The molecule has 2 aromatic carbocycles. The van der Waals surface area contributed by atoms with Gasteiger partial charge in [0.05, 0.1) is 16.8 Å². The topological polar surface area (TPSA) is 38.3 Å². The number of carbonyl (C=O) groups excluding carboxylic acids is 1. The predicted octanol–water partition coefficient (Wildman–Crippen LogP) is 3.89. The predicted molar refractivity (Wildman–Crippen MR) is 66.9 cm³/mol. The summed E-state index contributed by atoms with van der Waals surface area (Å²) in [4.78, 5) is 16.3. The highest BCUT2D eigenvalue weighted by molar-refractivity contribution is 5.89. The molecule has 0 atom stereocenters. The van der Waals surface area contributed by atoms with Gasteiger partial charge >= 0.3 is 12.1 Å². The van der Waals surface area contributed by atoms with Crippen LogP contribution < -0.4 is 5.48 Å². The molecular weight excluding hydrogens is 271 g/mol. The van der Waals surface area contributed by atoms with Gasteiger partial charge < -0.3 is 4.84 Å². The quantitative estimate of drug-likeness (QED) is 0.867. The maximum Gasteiger partial charge on any atom is 0.416 e. The van der Waals surface area contributed by atoms with Crippen molar-refractivity contribution in [3.63, 3.8) is 0 Å². The SMILES string of the molecule is O=C(ONc1cccc(C(F)(F)F)c1)c1ccccc1. The van der Waals surface area contributed by atoms with E-state index in [2.05, 4.69) is 5.48 Å². The Labute approximate surface area is 112 Å². The van der Waals surface area contributed by atoms with Crippen molar-refractivity contribution in [2.75, 3.05) is 5.48 Å². The summed E-state index contributed by atoms with van der Waals surface area (Å²) < 4.78 is 37.5. The minimum Gasteiger partial charge on any atom is -0.338 e. The lowest BCUT2D eigenvalue weighted by molar-refractivity contribution is -0.137. The Morgan fingerprint density at radius 2 is 1.70 bits per heavy atom. The standard InChI is InChI=1S/C14H10F3NO2/c15-14(16,17)11-7-4-8-12(9-11)18-20-13(19)10-5-2-1-3-6-10/h1-9,18H. The Hall–Kier alpha value is -2.50. The number of hydrogen-bond donors (Lipinski definition) is 1. The van der Waals surface area contributed by atoms with Crippen LogP contribution in [0.5, 0.6) is 0 Å². The maximum absolute atomic E-state index is 12.5. The zero-order valence-electron chi connectivity index (χ0n) is 10.1. The number of carbonyl (C=O) groups is 1. The smallest absolute Gasteiger partial charge is 0.338 e. The Balaban J connectivity index is 2.03. The maximum atomic E-state index is 12.5. The van der Waals surface area contributed by atoms with Crippen LogP contribution in [0.4, 0.5) is 18.9 Å². The first-order valence-electron chi connectivity index (χ1n) is 5.66. The van der Waals surface area contributed by atoms with Gasteiger partial charge in [0.2, 0.25) is 0 Å². The highest BCUT2D eigenvalue weighted by Crippen LogP contribution is 2.30. The van der Waals surface area contributed by atoms with Gasteiger partial charge in [-0.3, -0.25) is 0 Å². The zero-order valence-corrected chi connectivity index (χ0v) is 10.1. The molecule has 0 aliphatic heterocycles. The molecule has 2 aromatic rings. The van der Waals surface area contributed by atoms with Crippen LogP contribution in [0.3, 0.4) is 0 Å². The molecule has 0 amide bonds. The van der Waals surface area contributed by atoms with Crippen LogP contribution in [0, 0.1) is 0 Å². The summed E-state index contributed by atoms with van der Waals surface area (Å²) in [5.41, 5.74) is 1.73. The van der Waals surface area contributed by atoms with E-state index in [0.717, 1.165) is 12.1 Å². The van der Waals surface area contributed by atoms with Crippen molar-refractivity contribution >= 4 is 11.7 Å². The second-order valence-corrected chi connectivity index (χ2v) is 3.94. The lowest BCUT2D eigenvalue weighted by Crippen LogP contribution is -2.11. The number of rotatable bonds is 3. The number of benzene rings is 2. The fourth-order valence-electron chi connectivity index (χ4n) is 1.50. The first-order chi connectivity index (χ1) is 9.47. The molecule has 0 fully saturated rings. The summed E-state index contributed by atoms with van der Waals surface area (Å²) in [5, 5.41) is 0. The van der Waals surface area contributed by atoms with E-state index < -0.39 is 17.7 Å². The lowest BCUT2D eigenvalue weighted by Gasteiger charge is -2.10. The first-order valence-corrected chi connectivity index (χ1v) is 5.66. The minimum atomic E-state index is -4.44. The summed E-state index contributed by atoms with van der Waals surface area (Å²) in [7, 11) is 0. The second kappa shape index (κ2) is 5.64. The van der Waals surface area contributed by atoms with E-state index in [9.17, 15) is 18.0 Å². The molecule has 1 N–H and O–H groups in total. The lowest BCUT2D eigenvalue weighted by atomic mass is 10.2. The van der Waals surface area contributed by atoms with Gasteiger partial charge in [-0.05, 0) is 30.3 Å². The molecule has 0 bridgehead atoms. The molecule has 0 radical (unpaired) electrons. The fourth-order valence-corrected chi connectivity index (χ4v) is 1.50. The van der Waals surface area contributed by atoms with Crippen molar-refractivity contribution in [2.24, 2.45) is 0 Å². The van der Waals surface area contributed by atoms with Gasteiger partial charge in [0, 0.05) is 0 Å². The van der Waals surface area contributed by atoms with Gasteiger partial charge in [-0.25, -0.2) is 10.3 Å². The van der Waals surface area contributed by atoms with E-state index in [1.165, 1.54) is 24.3 Å². The third-order valence-electron chi connectivity index (χ3n) is 2.46. The normalized spacial score (nSPS) is 10.9. The van der Waals surface area contributed by atoms with E-state index in [0.29, 0.717) is 5.56 Å². The van der Waals surface area contributed by atoms with Gasteiger partial charge in [-0.15, -0.1) is 0 Å². The Bertz CT molecular complexity index is 597. The number of hydrogen-bond acceptors (Lipinski definition) is 3. The van der Waals surface area contributed by atoms with Crippen LogP contribution >= 0.6 is 0 Å². The Morgan fingerprint density at radius 1 is 1.00 bits per heavy atom. The molecule has 3 nitrogen and oxygen atoms in total. The first kappa shape index (κ1) is 13.9. The van der Waals surface area contributed by atoms with Crippen LogP contribution in [0.15, 0.2) is 54.6 Å². The number of halogens is 3. The number of alkyl halides is 3. The van der Waals surface area contributed by atoms with Crippen molar-refractivity contribution in [3.8, 4) is 0 Å². The number of nitrogens with one attached hydrogen (secondary N) is 1. The van der Waals surface area contributed by atoms with E-state index >= 15 is 0 Å². The van der Waals surface area contributed by atoms with Crippen molar-refractivity contribution in [1.29, 1.82) is 0 Å². The molecule has 0 heterocycles. The van der Waals surface area contributed by atoms with E-state index in [-0.39, 0.29) is 5.69 Å². The summed E-state index contributed by atoms with van der Waals surface area (Å²) in [5.74, 6) is -0.678. The third-order valence-corrected chi connectivity index (χ3v) is 2.46. The molecule has 0 spiro atoms. The largest absolute Gasteiger partial charge is 0.416 e. The van der Waals surface area contributed by atoms with Gasteiger partial charge in [-0.2, -0.15) is 13.2 Å². The van der Waals surface area contributed by atoms with Crippen LogP contribution in [0.25, 0.3) is 0 Å². The van der Waals surface area contributed by atoms with Crippen LogP contribution in [-0.4, -0.2) is 5.97 Å². The highest BCUT2D eigenvalue weighted by Gasteiger charge is 2.30. The molecule has 0 aromatic heterocycles. The highest BCUT2D eigenvalue weighted by atomic mass is 19.4. The molecular formula is C14H10F3NO2. The van der Waals surface area contributed by atoms with E-state index in [1.807, 2.05) is 0 Å². The van der Waals surface area contributed by atoms with Crippen LogP contribution in [0.2, 0.25) is 0 Å². The van der Waals surface area contributed by atoms with Crippen molar-refractivity contribution in [3.05, 3.63) is 65.7 Å². The molecule has 0 saturated heterocycles. The second-order valence-electron chi connectivity index (χ2n) is 3.94. The molecule has 6 heteroatoms. The molecule has 0 saturated carbocycles. The zero-order chi connectivity index (χ0) is 14.6. The molecule has 104 valence electrons. The molecule has 20 heavy (non-hydrogen) atoms.